The minimum atomic E-state index is -0.510. The molecule has 20 heavy (non-hydrogen) atoms. The van der Waals surface area contributed by atoms with Gasteiger partial charge in [0.15, 0.2) is 0 Å². The van der Waals surface area contributed by atoms with Crippen LogP contribution in [0, 0.1) is 9.39 Å². The summed E-state index contributed by atoms with van der Waals surface area (Å²) in [6, 6.07) is 11.9. The molecule has 0 spiro atoms. The van der Waals surface area contributed by atoms with E-state index >= 15 is 0 Å². The van der Waals surface area contributed by atoms with Crippen LogP contribution in [0.5, 0.6) is 0 Å². The highest BCUT2D eigenvalue weighted by molar-refractivity contribution is 14.1. The minimum Gasteiger partial charge on any atom is -0.267 e. The summed E-state index contributed by atoms with van der Waals surface area (Å²) in [6.07, 6.45) is 0. The summed E-state index contributed by atoms with van der Waals surface area (Å²) >= 11 is 2.13. The molecule has 0 atom stereocenters. The third kappa shape index (κ3) is 3.77. The Kier molecular flexibility index (Phi) is 4.67. The van der Waals surface area contributed by atoms with Crippen molar-refractivity contribution in [3.63, 3.8) is 0 Å². The predicted molar refractivity (Wildman–Crippen MR) is 80.5 cm³/mol. The van der Waals surface area contributed by atoms with Crippen molar-refractivity contribution in [2.24, 2.45) is 0 Å². The normalized spacial score (nSPS) is 9.90. The van der Waals surface area contributed by atoms with Gasteiger partial charge in [-0.2, -0.15) is 0 Å². The van der Waals surface area contributed by atoms with Crippen molar-refractivity contribution >= 4 is 34.4 Å². The van der Waals surface area contributed by atoms with Crippen LogP contribution < -0.4 is 10.9 Å². The first-order valence-corrected chi connectivity index (χ1v) is 6.76. The molecular formula is C14H10FIN2O2. The first kappa shape index (κ1) is 14.4. The summed E-state index contributed by atoms with van der Waals surface area (Å²) < 4.78 is 13.7. The van der Waals surface area contributed by atoms with Crippen LogP contribution in [0.25, 0.3) is 0 Å². The van der Waals surface area contributed by atoms with E-state index < -0.39 is 17.6 Å². The lowest BCUT2D eigenvalue weighted by atomic mass is 10.2. The third-order valence-corrected chi connectivity index (χ3v) is 3.22. The lowest BCUT2D eigenvalue weighted by molar-refractivity contribution is 0.0846. The second kappa shape index (κ2) is 6.47. The Bertz CT molecular complexity index is 569. The average Bonchev–Trinajstić information content (AvgIpc) is 2.46. The number of hydrogen-bond acceptors (Lipinski definition) is 2. The van der Waals surface area contributed by atoms with Crippen LogP contribution in [0.4, 0.5) is 4.39 Å². The van der Waals surface area contributed by atoms with E-state index in [1.165, 1.54) is 24.3 Å². The molecule has 0 aliphatic rings. The van der Waals surface area contributed by atoms with E-state index in [1.54, 1.807) is 24.3 Å². The van der Waals surface area contributed by atoms with Gasteiger partial charge in [-0.05, 0) is 71.1 Å². The second-order valence-corrected chi connectivity index (χ2v) is 5.17. The van der Waals surface area contributed by atoms with Gasteiger partial charge in [-0.25, -0.2) is 4.39 Å². The molecule has 2 N–H and O–H groups in total. The van der Waals surface area contributed by atoms with E-state index in [0.717, 1.165) is 3.57 Å². The molecule has 0 saturated carbocycles. The van der Waals surface area contributed by atoms with Crippen LogP contribution in [0.3, 0.4) is 0 Å². The quantitative estimate of drug-likeness (QED) is 0.618. The Hall–Kier alpha value is -1.96. The second-order valence-electron chi connectivity index (χ2n) is 3.92. The van der Waals surface area contributed by atoms with E-state index in [-0.39, 0.29) is 5.56 Å². The number of carbonyl (C=O) groups excluding carboxylic acids is 2. The molecule has 102 valence electrons. The van der Waals surface area contributed by atoms with Crippen molar-refractivity contribution in [2.45, 2.75) is 0 Å². The monoisotopic (exact) mass is 384 g/mol. The van der Waals surface area contributed by atoms with Gasteiger partial charge < -0.3 is 0 Å². The Labute approximate surface area is 128 Å². The predicted octanol–water partition coefficient (Wildman–Crippen LogP) is 2.51. The summed E-state index contributed by atoms with van der Waals surface area (Å²) in [5.41, 5.74) is 5.26. The van der Waals surface area contributed by atoms with Crippen molar-refractivity contribution in [3.05, 3.63) is 69.0 Å². The van der Waals surface area contributed by atoms with Gasteiger partial charge in [0.2, 0.25) is 0 Å². The molecule has 0 heterocycles. The highest BCUT2D eigenvalue weighted by Gasteiger charge is 2.08. The highest BCUT2D eigenvalue weighted by atomic mass is 127. The number of rotatable bonds is 2. The smallest absolute Gasteiger partial charge is 0.267 e. The molecule has 0 aromatic heterocycles. The van der Waals surface area contributed by atoms with Crippen molar-refractivity contribution in [1.29, 1.82) is 0 Å². The lowest BCUT2D eigenvalue weighted by Crippen LogP contribution is -2.41. The molecule has 0 unspecified atom stereocenters. The van der Waals surface area contributed by atoms with Crippen LogP contribution in [0.15, 0.2) is 48.5 Å². The molecule has 2 rings (SSSR count). The van der Waals surface area contributed by atoms with Gasteiger partial charge >= 0.3 is 0 Å². The number of amides is 2. The van der Waals surface area contributed by atoms with Crippen molar-refractivity contribution in [1.82, 2.24) is 10.9 Å². The van der Waals surface area contributed by atoms with Crippen LogP contribution >= 0.6 is 22.6 Å². The van der Waals surface area contributed by atoms with Gasteiger partial charge in [0.1, 0.15) is 5.82 Å². The molecule has 0 saturated heterocycles. The molecule has 0 radical (unpaired) electrons. The van der Waals surface area contributed by atoms with Crippen LogP contribution in [0.1, 0.15) is 20.7 Å². The number of halogens is 2. The molecule has 4 nitrogen and oxygen atoms in total. The molecular weight excluding hydrogens is 374 g/mol. The number of benzene rings is 2. The average molecular weight is 384 g/mol. The Morgan fingerprint density at radius 3 is 1.65 bits per heavy atom. The number of hydrogen-bond donors (Lipinski definition) is 2. The maximum absolute atomic E-state index is 12.7. The maximum atomic E-state index is 12.7. The zero-order chi connectivity index (χ0) is 14.5. The van der Waals surface area contributed by atoms with Gasteiger partial charge in [0.25, 0.3) is 11.8 Å². The third-order valence-electron chi connectivity index (χ3n) is 2.50. The van der Waals surface area contributed by atoms with Gasteiger partial charge in [0.05, 0.1) is 0 Å². The lowest BCUT2D eigenvalue weighted by Gasteiger charge is -2.07. The fourth-order valence-corrected chi connectivity index (χ4v) is 1.82. The molecule has 0 fully saturated rings. The first-order valence-electron chi connectivity index (χ1n) is 5.68. The van der Waals surface area contributed by atoms with Gasteiger partial charge in [-0.1, -0.05) is 0 Å². The summed E-state index contributed by atoms with van der Waals surface area (Å²) in [5, 5.41) is 0. The van der Waals surface area contributed by atoms with Crippen molar-refractivity contribution in [2.75, 3.05) is 0 Å². The molecule has 2 aromatic carbocycles. The van der Waals surface area contributed by atoms with Gasteiger partial charge in [0, 0.05) is 14.7 Å². The van der Waals surface area contributed by atoms with Gasteiger partial charge in [-0.3, -0.25) is 20.4 Å². The van der Waals surface area contributed by atoms with Crippen LogP contribution in [0.2, 0.25) is 0 Å². The van der Waals surface area contributed by atoms with E-state index in [9.17, 15) is 14.0 Å². The summed E-state index contributed by atoms with van der Waals surface area (Å²) in [4.78, 5) is 23.5. The molecule has 0 aliphatic carbocycles. The SMILES string of the molecule is O=C(NNC(=O)c1ccc(I)cc1)c1ccc(F)cc1. The number of hydrazine groups is 1. The molecule has 0 bridgehead atoms. The standard InChI is InChI=1S/C14H10FIN2O2/c15-11-5-1-9(2-6-11)13(19)17-18-14(20)10-3-7-12(16)8-4-10/h1-8H,(H,17,19)(H,18,20). The zero-order valence-corrected chi connectivity index (χ0v) is 12.3. The van der Waals surface area contributed by atoms with E-state index in [1.807, 2.05) is 0 Å². The first-order chi connectivity index (χ1) is 9.56. The summed E-state index contributed by atoms with van der Waals surface area (Å²) in [5.74, 6) is -1.36. The Morgan fingerprint density at radius 2 is 1.20 bits per heavy atom. The van der Waals surface area contributed by atoms with Gasteiger partial charge in [-0.15, -0.1) is 0 Å². The zero-order valence-electron chi connectivity index (χ0n) is 10.2. The fraction of sp³-hybridized carbons (Fsp3) is 0. The summed E-state index contributed by atoms with van der Waals surface area (Å²) in [6.45, 7) is 0. The molecule has 6 heteroatoms. The van der Waals surface area contributed by atoms with Crippen molar-refractivity contribution < 1.29 is 14.0 Å². The van der Waals surface area contributed by atoms with Crippen LogP contribution in [-0.2, 0) is 0 Å². The van der Waals surface area contributed by atoms with E-state index in [0.29, 0.717) is 5.56 Å². The number of carbonyl (C=O) groups is 2. The minimum absolute atomic E-state index is 0.259. The molecule has 2 amide bonds. The molecule has 0 aliphatic heterocycles. The van der Waals surface area contributed by atoms with E-state index in [2.05, 4.69) is 33.4 Å². The Balaban J connectivity index is 1.94. The highest BCUT2D eigenvalue weighted by Crippen LogP contribution is 2.06. The Morgan fingerprint density at radius 1 is 0.800 bits per heavy atom. The van der Waals surface area contributed by atoms with Crippen molar-refractivity contribution in [3.8, 4) is 0 Å². The topological polar surface area (TPSA) is 58.2 Å². The summed E-state index contributed by atoms with van der Waals surface area (Å²) in [7, 11) is 0. The fourth-order valence-electron chi connectivity index (χ4n) is 1.46. The maximum Gasteiger partial charge on any atom is 0.269 e. The van der Waals surface area contributed by atoms with E-state index in [4.69, 9.17) is 0 Å². The van der Waals surface area contributed by atoms with Crippen LogP contribution in [-0.4, -0.2) is 11.8 Å². The largest absolute Gasteiger partial charge is 0.269 e. The number of nitrogens with one attached hydrogen (secondary N) is 2. The molecule has 2 aromatic rings.